The van der Waals surface area contributed by atoms with Gasteiger partial charge < -0.3 is 10.1 Å². The number of hydrogen-bond acceptors (Lipinski definition) is 3. The number of nitrogens with zero attached hydrogens (tertiary/aromatic N) is 1. The average Bonchev–Trinajstić information content (AvgIpc) is 3.02. The molecule has 4 heteroatoms. The number of pyridine rings is 1. The Labute approximate surface area is 149 Å². The first kappa shape index (κ1) is 17.6. The Morgan fingerprint density at radius 1 is 1.12 bits per heavy atom. The highest BCUT2D eigenvalue weighted by Gasteiger charge is 2.29. The molecule has 25 heavy (non-hydrogen) atoms. The van der Waals surface area contributed by atoms with Crippen LogP contribution in [0.3, 0.4) is 0 Å². The van der Waals surface area contributed by atoms with Gasteiger partial charge in [0.25, 0.3) is 5.91 Å². The molecular formula is C21H26N2O2. The van der Waals surface area contributed by atoms with Crippen molar-refractivity contribution in [1.82, 2.24) is 10.3 Å². The maximum Gasteiger partial charge on any atom is 0.251 e. The van der Waals surface area contributed by atoms with Crippen molar-refractivity contribution in [3.8, 4) is 0 Å². The van der Waals surface area contributed by atoms with Crippen LogP contribution < -0.4 is 5.32 Å². The van der Waals surface area contributed by atoms with E-state index in [0.29, 0.717) is 30.6 Å². The summed E-state index contributed by atoms with van der Waals surface area (Å²) in [4.78, 5) is 16.6. The number of amides is 1. The minimum Gasteiger partial charge on any atom is -0.379 e. The van der Waals surface area contributed by atoms with Crippen molar-refractivity contribution in [1.29, 1.82) is 0 Å². The third-order valence-corrected chi connectivity index (χ3v) is 4.62. The number of hydrogen-bond donors (Lipinski definition) is 1. The van der Waals surface area contributed by atoms with Crippen LogP contribution in [0.15, 0.2) is 48.8 Å². The predicted octanol–water partition coefficient (Wildman–Crippen LogP) is 3.27. The first-order valence-corrected chi connectivity index (χ1v) is 8.98. The molecule has 1 aliphatic heterocycles. The average molecular weight is 338 g/mol. The topological polar surface area (TPSA) is 51.2 Å². The molecule has 0 unspecified atom stereocenters. The zero-order chi connectivity index (χ0) is 17.6. The molecule has 1 aliphatic rings. The van der Waals surface area contributed by atoms with Crippen LogP contribution in [0.2, 0.25) is 0 Å². The van der Waals surface area contributed by atoms with Gasteiger partial charge in [-0.15, -0.1) is 0 Å². The Morgan fingerprint density at radius 3 is 2.52 bits per heavy atom. The number of carbonyl (C=O) groups is 1. The van der Waals surface area contributed by atoms with Gasteiger partial charge in [0.05, 0.1) is 19.3 Å². The van der Waals surface area contributed by atoms with E-state index in [1.807, 2.05) is 24.3 Å². The minimum absolute atomic E-state index is 0.0219. The zero-order valence-electron chi connectivity index (χ0n) is 14.9. The third kappa shape index (κ3) is 4.89. The van der Waals surface area contributed by atoms with Crippen LogP contribution in [0.1, 0.15) is 35.3 Å². The highest BCUT2D eigenvalue weighted by atomic mass is 16.5. The van der Waals surface area contributed by atoms with E-state index in [2.05, 4.69) is 36.3 Å². The number of nitrogens with one attached hydrogen (secondary N) is 1. The molecule has 2 aromatic rings. The quantitative estimate of drug-likeness (QED) is 0.879. The summed E-state index contributed by atoms with van der Waals surface area (Å²) in [6.45, 7) is 5.65. The lowest BCUT2D eigenvalue weighted by atomic mass is 9.95. The summed E-state index contributed by atoms with van der Waals surface area (Å²) in [6.07, 6.45) is 5.53. The molecule has 0 aliphatic carbocycles. The Hall–Kier alpha value is -2.20. The molecule has 1 saturated heterocycles. The van der Waals surface area contributed by atoms with Gasteiger partial charge in [-0.3, -0.25) is 9.78 Å². The van der Waals surface area contributed by atoms with E-state index >= 15 is 0 Å². The van der Waals surface area contributed by atoms with E-state index in [4.69, 9.17) is 4.74 Å². The highest BCUT2D eigenvalue weighted by molar-refractivity contribution is 5.94. The summed E-state index contributed by atoms with van der Waals surface area (Å²) in [5, 5.41) is 3.15. The molecule has 1 amide bonds. The lowest BCUT2D eigenvalue weighted by Gasteiger charge is -2.19. The molecule has 132 valence electrons. The van der Waals surface area contributed by atoms with Gasteiger partial charge in [-0.05, 0) is 54.2 Å². The fourth-order valence-corrected chi connectivity index (χ4v) is 3.30. The second kappa shape index (κ2) is 8.26. The molecule has 0 spiro atoms. The third-order valence-electron chi connectivity index (χ3n) is 4.62. The minimum atomic E-state index is -0.0219. The van der Waals surface area contributed by atoms with Gasteiger partial charge in [-0.25, -0.2) is 0 Å². The number of aromatic nitrogens is 1. The van der Waals surface area contributed by atoms with E-state index in [1.54, 1.807) is 12.4 Å². The molecular weight excluding hydrogens is 312 g/mol. The predicted molar refractivity (Wildman–Crippen MR) is 98.5 cm³/mol. The maximum atomic E-state index is 12.6. The Balaban J connectivity index is 1.59. The smallest absolute Gasteiger partial charge is 0.251 e. The number of benzene rings is 1. The van der Waals surface area contributed by atoms with Crippen molar-refractivity contribution >= 4 is 5.91 Å². The van der Waals surface area contributed by atoms with Gasteiger partial charge >= 0.3 is 0 Å². The van der Waals surface area contributed by atoms with Crippen LogP contribution in [0.4, 0.5) is 0 Å². The Morgan fingerprint density at radius 2 is 1.84 bits per heavy atom. The molecule has 3 rings (SSSR count). The summed E-state index contributed by atoms with van der Waals surface area (Å²) in [5.41, 5.74) is 3.20. The second-order valence-corrected chi connectivity index (χ2v) is 7.23. The van der Waals surface area contributed by atoms with Crippen molar-refractivity contribution in [3.05, 3.63) is 65.5 Å². The van der Waals surface area contributed by atoms with Gasteiger partial charge in [0.15, 0.2) is 0 Å². The first-order chi connectivity index (χ1) is 12.1. The summed E-state index contributed by atoms with van der Waals surface area (Å²) in [6, 6.07) is 12.0. The Bertz CT molecular complexity index is 683. The normalized spacial score (nSPS) is 20.0. The van der Waals surface area contributed by atoms with Crippen LogP contribution in [0.25, 0.3) is 0 Å². The number of rotatable bonds is 6. The summed E-state index contributed by atoms with van der Waals surface area (Å²) >= 11 is 0. The molecule has 0 saturated carbocycles. The van der Waals surface area contributed by atoms with Crippen LogP contribution >= 0.6 is 0 Å². The SMILES string of the molecule is CC(C)Cc1ccc(C(=O)N[C@@H]2COC[C@H]2Cc2ccncc2)cc1. The molecule has 1 fully saturated rings. The summed E-state index contributed by atoms with van der Waals surface area (Å²) in [5.74, 6) is 0.891. The van der Waals surface area contributed by atoms with Gasteiger partial charge in [-0.2, -0.15) is 0 Å². The molecule has 1 aromatic heterocycles. The zero-order valence-corrected chi connectivity index (χ0v) is 14.9. The van der Waals surface area contributed by atoms with E-state index in [-0.39, 0.29) is 11.9 Å². The van der Waals surface area contributed by atoms with E-state index in [0.717, 1.165) is 12.8 Å². The molecule has 2 atom stereocenters. The molecule has 0 bridgehead atoms. The Kier molecular flexibility index (Phi) is 5.82. The fraction of sp³-hybridized carbons (Fsp3) is 0.429. The largest absolute Gasteiger partial charge is 0.379 e. The van der Waals surface area contributed by atoms with E-state index < -0.39 is 0 Å². The van der Waals surface area contributed by atoms with E-state index in [1.165, 1.54) is 11.1 Å². The van der Waals surface area contributed by atoms with Crippen molar-refractivity contribution < 1.29 is 9.53 Å². The lowest BCUT2D eigenvalue weighted by molar-refractivity contribution is 0.0925. The van der Waals surface area contributed by atoms with Crippen LogP contribution in [0.5, 0.6) is 0 Å². The van der Waals surface area contributed by atoms with Crippen molar-refractivity contribution in [2.75, 3.05) is 13.2 Å². The van der Waals surface area contributed by atoms with Gasteiger partial charge in [0.2, 0.25) is 0 Å². The van der Waals surface area contributed by atoms with Crippen molar-refractivity contribution in [2.24, 2.45) is 11.8 Å². The van der Waals surface area contributed by atoms with Crippen LogP contribution in [0, 0.1) is 11.8 Å². The lowest BCUT2D eigenvalue weighted by Crippen LogP contribution is -2.40. The van der Waals surface area contributed by atoms with Gasteiger partial charge in [0, 0.05) is 23.9 Å². The maximum absolute atomic E-state index is 12.6. The highest BCUT2D eigenvalue weighted by Crippen LogP contribution is 2.19. The molecule has 1 aromatic carbocycles. The monoisotopic (exact) mass is 338 g/mol. The number of ether oxygens (including phenoxy) is 1. The molecule has 0 radical (unpaired) electrons. The number of carbonyl (C=O) groups excluding carboxylic acids is 1. The van der Waals surface area contributed by atoms with E-state index in [9.17, 15) is 4.79 Å². The first-order valence-electron chi connectivity index (χ1n) is 8.98. The van der Waals surface area contributed by atoms with Crippen LogP contribution in [-0.4, -0.2) is 30.1 Å². The van der Waals surface area contributed by atoms with Crippen LogP contribution in [-0.2, 0) is 17.6 Å². The standard InChI is InChI=1S/C21H26N2O2/c1-15(2)11-16-3-5-18(6-4-16)21(24)23-20-14-25-13-19(20)12-17-7-9-22-10-8-17/h3-10,15,19-20H,11-14H2,1-2H3,(H,23,24)/t19-,20-/m1/s1. The molecule has 4 nitrogen and oxygen atoms in total. The van der Waals surface area contributed by atoms with Gasteiger partial charge in [0.1, 0.15) is 0 Å². The van der Waals surface area contributed by atoms with Crippen molar-refractivity contribution in [2.45, 2.75) is 32.7 Å². The second-order valence-electron chi connectivity index (χ2n) is 7.23. The summed E-state index contributed by atoms with van der Waals surface area (Å²) < 4.78 is 5.61. The molecule has 2 heterocycles. The summed E-state index contributed by atoms with van der Waals surface area (Å²) in [7, 11) is 0. The van der Waals surface area contributed by atoms with Gasteiger partial charge in [-0.1, -0.05) is 26.0 Å². The molecule has 1 N–H and O–H groups in total. The fourth-order valence-electron chi connectivity index (χ4n) is 3.30. The van der Waals surface area contributed by atoms with Crippen molar-refractivity contribution in [3.63, 3.8) is 0 Å².